The maximum Gasteiger partial charge on any atom is 0.210 e. The van der Waals surface area contributed by atoms with Gasteiger partial charge in [0.2, 0.25) is 5.96 Å². The third kappa shape index (κ3) is 4.73. The van der Waals surface area contributed by atoms with Gasteiger partial charge in [-0.15, -0.1) is 0 Å². The van der Waals surface area contributed by atoms with Crippen LogP contribution in [-0.4, -0.2) is 26.2 Å². The van der Waals surface area contributed by atoms with Crippen molar-refractivity contribution in [1.82, 2.24) is 5.43 Å². The average molecular weight is 250 g/mol. The van der Waals surface area contributed by atoms with Crippen molar-refractivity contribution in [3.05, 3.63) is 29.3 Å². The third-order valence-electron chi connectivity index (χ3n) is 2.68. The molecule has 5 heteroatoms. The number of benzene rings is 1. The zero-order chi connectivity index (χ0) is 13.4. The SMILES string of the molecule is COCCCN=C(NN)Nc1ccc(C)c(C)c1. The van der Waals surface area contributed by atoms with Gasteiger partial charge in [-0.05, 0) is 43.5 Å². The smallest absolute Gasteiger partial charge is 0.210 e. The molecule has 1 aromatic carbocycles. The fraction of sp³-hybridized carbons (Fsp3) is 0.462. The number of nitrogens with two attached hydrogens (primary N) is 1. The number of guanidine groups is 1. The number of rotatable bonds is 5. The molecule has 0 radical (unpaired) electrons. The van der Waals surface area contributed by atoms with Gasteiger partial charge in [0.1, 0.15) is 0 Å². The molecule has 0 saturated heterocycles. The molecule has 0 unspecified atom stereocenters. The van der Waals surface area contributed by atoms with Crippen molar-refractivity contribution in [3.63, 3.8) is 0 Å². The van der Waals surface area contributed by atoms with Gasteiger partial charge in [0, 0.05) is 25.9 Å². The molecular weight excluding hydrogens is 228 g/mol. The second kappa shape index (κ2) is 7.68. The first-order chi connectivity index (χ1) is 8.67. The molecule has 1 aromatic rings. The number of nitrogens with one attached hydrogen (secondary N) is 2. The minimum atomic E-state index is 0.564. The summed E-state index contributed by atoms with van der Waals surface area (Å²) in [5.41, 5.74) is 6.03. The lowest BCUT2D eigenvalue weighted by Crippen LogP contribution is -2.36. The van der Waals surface area contributed by atoms with E-state index in [-0.39, 0.29) is 0 Å². The molecule has 0 spiro atoms. The fourth-order valence-electron chi connectivity index (χ4n) is 1.48. The van der Waals surface area contributed by atoms with Crippen LogP contribution in [0.25, 0.3) is 0 Å². The summed E-state index contributed by atoms with van der Waals surface area (Å²) >= 11 is 0. The number of hydrazine groups is 1. The Hall–Kier alpha value is -1.59. The predicted molar refractivity (Wildman–Crippen MR) is 75.7 cm³/mol. The van der Waals surface area contributed by atoms with Crippen molar-refractivity contribution in [2.24, 2.45) is 10.8 Å². The Bertz CT molecular complexity index is 404. The number of hydrogen-bond acceptors (Lipinski definition) is 3. The Kier molecular flexibility index (Phi) is 6.18. The van der Waals surface area contributed by atoms with E-state index in [1.165, 1.54) is 11.1 Å². The average Bonchev–Trinajstić information content (AvgIpc) is 2.37. The summed E-state index contributed by atoms with van der Waals surface area (Å²) in [6.45, 7) is 5.53. The van der Waals surface area contributed by atoms with E-state index in [4.69, 9.17) is 10.6 Å². The normalized spacial score (nSPS) is 11.4. The van der Waals surface area contributed by atoms with E-state index in [1.54, 1.807) is 7.11 Å². The highest BCUT2D eigenvalue weighted by Crippen LogP contribution is 2.13. The lowest BCUT2D eigenvalue weighted by Gasteiger charge is -2.10. The van der Waals surface area contributed by atoms with E-state index in [1.807, 2.05) is 6.07 Å². The number of hydrogen-bond donors (Lipinski definition) is 3. The number of anilines is 1. The molecule has 100 valence electrons. The van der Waals surface area contributed by atoms with Gasteiger partial charge in [0.25, 0.3) is 0 Å². The summed E-state index contributed by atoms with van der Waals surface area (Å²) in [6.07, 6.45) is 0.871. The number of aryl methyl sites for hydroxylation is 2. The molecule has 18 heavy (non-hydrogen) atoms. The second-order valence-corrected chi connectivity index (χ2v) is 4.15. The molecule has 0 heterocycles. The van der Waals surface area contributed by atoms with Crippen LogP contribution in [0.1, 0.15) is 17.5 Å². The van der Waals surface area contributed by atoms with Crippen LogP contribution in [0.4, 0.5) is 5.69 Å². The van der Waals surface area contributed by atoms with E-state index >= 15 is 0 Å². The summed E-state index contributed by atoms with van der Waals surface area (Å²) in [5.74, 6) is 5.99. The maximum atomic E-state index is 5.43. The van der Waals surface area contributed by atoms with Crippen LogP contribution in [0, 0.1) is 13.8 Å². The molecule has 0 aromatic heterocycles. The van der Waals surface area contributed by atoms with Crippen molar-refractivity contribution in [2.45, 2.75) is 20.3 Å². The first-order valence-corrected chi connectivity index (χ1v) is 6.01. The summed E-state index contributed by atoms with van der Waals surface area (Å²) in [5, 5.41) is 3.15. The van der Waals surface area contributed by atoms with Crippen LogP contribution in [0.3, 0.4) is 0 Å². The van der Waals surface area contributed by atoms with Gasteiger partial charge in [-0.2, -0.15) is 0 Å². The van der Waals surface area contributed by atoms with Crippen molar-refractivity contribution in [3.8, 4) is 0 Å². The fourth-order valence-corrected chi connectivity index (χ4v) is 1.48. The molecule has 0 bridgehead atoms. The molecule has 0 atom stereocenters. The standard InChI is InChI=1S/C13H22N4O/c1-10-5-6-12(9-11(10)2)16-13(17-14)15-7-4-8-18-3/h5-6,9H,4,7-8,14H2,1-3H3,(H2,15,16,17). The van der Waals surface area contributed by atoms with Crippen molar-refractivity contribution < 1.29 is 4.74 Å². The summed E-state index contributed by atoms with van der Waals surface area (Å²) in [7, 11) is 1.68. The molecule has 5 nitrogen and oxygen atoms in total. The number of methoxy groups -OCH3 is 1. The summed E-state index contributed by atoms with van der Waals surface area (Å²) in [6, 6.07) is 6.14. The van der Waals surface area contributed by atoms with E-state index in [2.05, 4.69) is 41.7 Å². The van der Waals surface area contributed by atoms with Crippen molar-refractivity contribution in [2.75, 3.05) is 25.6 Å². The van der Waals surface area contributed by atoms with E-state index < -0.39 is 0 Å². The lowest BCUT2D eigenvalue weighted by molar-refractivity contribution is 0.197. The van der Waals surface area contributed by atoms with E-state index in [0.717, 1.165) is 12.1 Å². The van der Waals surface area contributed by atoms with Gasteiger partial charge in [0.05, 0.1) is 0 Å². The number of ether oxygens (including phenoxy) is 1. The van der Waals surface area contributed by atoms with Gasteiger partial charge >= 0.3 is 0 Å². The largest absolute Gasteiger partial charge is 0.385 e. The quantitative estimate of drug-likeness (QED) is 0.244. The van der Waals surface area contributed by atoms with Gasteiger partial charge in [-0.25, -0.2) is 5.84 Å². The Morgan fingerprint density at radius 2 is 2.11 bits per heavy atom. The van der Waals surface area contributed by atoms with E-state index in [9.17, 15) is 0 Å². The zero-order valence-electron chi connectivity index (χ0n) is 11.3. The first-order valence-electron chi connectivity index (χ1n) is 6.01. The number of aliphatic imine (C=N–C) groups is 1. The second-order valence-electron chi connectivity index (χ2n) is 4.15. The molecule has 0 aliphatic heterocycles. The Labute approximate surface area is 108 Å². The number of nitrogens with zero attached hydrogens (tertiary/aromatic N) is 1. The Morgan fingerprint density at radius 3 is 2.72 bits per heavy atom. The molecule has 0 aliphatic rings. The molecule has 0 saturated carbocycles. The Balaban J connectivity index is 2.58. The molecule has 0 fully saturated rings. The Morgan fingerprint density at radius 1 is 1.33 bits per heavy atom. The van der Waals surface area contributed by atoms with Crippen molar-refractivity contribution >= 4 is 11.6 Å². The third-order valence-corrected chi connectivity index (χ3v) is 2.68. The van der Waals surface area contributed by atoms with Gasteiger partial charge < -0.3 is 10.1 Å². The first kappa shape index (κ1) is 14.5. The molecule has 1 rings (SSSR count). The molecule has 0 aliphatic carbocycles. The molecular formula is C13H22N4O. The minimum Gasteiger partial charge on any atom is -0.385 e. The summed E-state index contributed by atoms with van der Waals surface area (Å²) in [4.78, 5) is 4.32. The minimum absolute atomic E-state index is 0.564. The van der Waals surface area contributed by atoms with Crippen LogP contribution < -0.4 is 16.6 Å². The highest BCUT2D eigenvalue weighted by atomic mass is 16.5. The van der Waals surface area contributed by atoms with Gasteiger partial charge in [0.15, 0.2) is 0 Å². The molecule has 0 amide bonds. The zero-order valence-corrected chi connectivity index (χ0v) is 11.3. The van der Waals surface area contributed by atoms with Crippen LogP contribution in [0.2, 0.25) is 0 Å². The van der Waals surface area contributed by atoms with Crippen LogP contribution in [0.15, 0.2) is 23.2 Å². The lowest BCUT2D eigenvalue weighted by atomic mass is 10.1. The van der Waals surface area contributed by atoms with Crippen molar-refractivity contribution in [1.29, 1.82) is 0 Å². The molecule has 4 N–H and O–H groups in total. The van der Waals surface area contributed by atoms with Crippen LogP contribution in [-0.2, 0) is 4.74 Å². The van der Waals surface area contributed by atoms with Crippen LogP contribution >= 0.6 is 0 Å². The predicted octanol–water partition coefficient (Wildman–Crippen LogP) is 1.57. The summed E-state index contributed by atoms with van der Waals surface area (Å²) < 4.78 is 4.96. The van der Waals surface area contributed by atoms with E-state index in [0.29, 0.717) is 19.1 Å². The maximum absolute atomic E-state index is 5.43. The van der Waals surface area contributed by atoms with Gasteiger partial charge in [-0.3, -0.25) is 10.4 Å². The van der Waals surface area contributed by atoms with Crippen LogP contribution in [0.5, 0.6) is 0 Å². The highest BCUT2D eigenvalue weighted by Gasteiger charge is 1.99. The topological polar surface area (TPSA) is 71.7 Å². The van der Waals surface area contributed by atoms with Gasteiger partial charge in [-0.1, -0.05) is 6.07 Å². The monoisotopic (exact) mass is 250 g/mol. The highest BCUT2D eigenvalue weighted by molar-refractivity contribution is 5.93.